The molecule has 1 saturated carbocycles. The smallest absolute Gasteiger partial charge is 0.410 e. The molecule has 1 aromatic rings. The van der Waals surface area contributed by atoms with Crippen LogP contribution < -0.4 is 5.32 Å². The SMILES string of the molecule is CC(C)(C)OC(=O)N(CCCNCCc1ccccc1)C1CC1. The van der Waals surface area contributed by atoms with Gasteiger partial charge in [0.05, 0.1) is 0 Å². The summed E-state index contributed by atoms with van der Waals surface area (Å²) in [7, 11) is 0. The largest absolute Gasteiger partial charge is 0.444 e. The summed E-state index contributed by atoms with van der Waals surface area (Å²) in [4.78, 5) is 14.1. The van der Waals surface area contributed by atoms with E-state index < -0.39 is 5.60 Å². The van der Waals surface area contributed by atoms with Crippen LogP contribution >= 0.6 is 0 Å². The van der Waals surface area contributed by atoms with E-state index in [0.717, 1.165) is 45.3 Å². The third-order valence-corrected chi connectivity index (χ3v) is 3.80. The van der Waals surface area contributed by atoms with Crippen molar-refractivity contribution in [2.45, 2.75) is 58.1 Å². The molecule has 0 heterocycles. The number of amides is 1. The molecule has 128 valence electrons. The van der Waals surface area contributed by atoms with E-state index in [1.807, 2.05) is 31.7 Å². The molecule has 0 spiro atoms. The van der Waals surface area contributed by atoms with Crippen LogP contribution in [-0.2, 0) is 11.2 Å². The van der Waals surface area contributed by atoms with Gasteiger partial charge in [-0.15, -0.1) is 0 Å². The number of benzene rings is 1. The van der Waals surface area contributed by atoms with Crippen molar-refractivity contribution in [1.82, 2.24) is 10.2 Å². The third kappa shape index (κ3) is 7.04. The Morgan fingerprint density at radius 1 is 1.22 bits per heavy atom. The minimum absolute atomic E-state index is 0.163. The molecular formula is C19H30N2O2. The molecule has 1 fully saturated rings. The number of rotatable bonds is 8. The molecule has 23 heavy (non-hydrogen) atoms. The zero-order valence-corrected chi connectivity index (χ0v) is 14.7. The van der Waals surface area contributed by atoms with Crippen LogP contribution in [0.15, 0.2) is 30.3 Å². The Kier molecular flexibility index (Phi) is 6.46. The highest BCUT2D eigenvalue weighted by atomic mass is 16.6. The Morgan fingerprint density at radius 3 is 2.52 bits per heavy atom. The van der Waals surface area contributed by atoms with Gasteiger partial charge >= 0.3 is 6.09 Å². The van der Waals surface area contributed by atoms with Crippen LogP contribution in [0.5, 0.6) is 0 Å². The Balaban J connectivity index is 1.62. The summed E-state index contributed by atoms with van der Waals surface area (Å²) in [6.45, 7) is 8.43. The van der Waals surface area contributed by atoms with Gasteiger partial charge < -0.3 is 15.0 Å². The lowest BCUT2D eigenvalue weighted by Crippen LogP contribution is -2.39. The fourth-order valence-corrected chi connectivity index (χ4v) is 2.51. The molecule has 1 aliphatic carbocycles. The number of carbonyl (C=O) groups excluding carboxylic acids is 1. The third-order valence-electron chi connectivity index (χ3n) is 3.80. The molecule has 4 nitrogen and oxygen atoms in total. The quantitative estimate of drug-likeness (QED) is 0.745. The predicted octanol–water partition coefficient (Wildman–Crippen LogP) is 3.61. The fraction of sp³-hybridized carbons (Fsp3) is 0.632. The number of nitrogens with one attached hydrogen (secondary N) is 1. The first-order chi connectivity index (χ1) is 11.0. The highest BCUT2D eigenvalue weighted by molar-refractivity contribution is 5.69. The molecule has 1 amide bonds. The molecule has 1 aliphatic rings. The van der Waals surface area contributed by atoms with E-state index in [-0.39, 0.29) is 6.09 Å². The van der Waals surface area contributed by atoms with Crippen molar-refractivity contribution >= 4 is 6.09 Å². The average Bonchev–Trinajstić information content (AvgIpc) is 3.30. The number of hydrogen-bond acceptors (Lipinski definition) is 3. The second-order valence-corrected chi connectivity index (χ2v) is 7.24. The summed E-state index contributed by atoms with van der Waals surface area (Å²) in [5.41, 5.74) is 0.936. The van der Waals surface area contributed by atoms with Gasteiger partial charge in [-0.05, 0) is 65.1 Å². The van der Waals surface area contributed by atoms with Crippen LogP contribution in [0.25, 0.3) is 0 Å². The zero-order chi connectivity index (χ0) is 16.7. The second-order valence-electron chi connectivity index (χ2n) is 7.24. The second kappa shape index (κ2) is 8.34. The van der Waals surface area contributed by atoms with E-state index in [9.17, 15) is 4.79 Å². The van der Waals surface area contributed by atoms with Crippen molar-refractivity contribution in [1.29, 1.82) is 0 Å². The van der Waals surface area contributed by atoms with E-state index in [0.29, 0.717) is 6.04 Å². The minimum atomic E-state index is -0.418. The normalized spacial score (nSPS) is 14.6. The highest BCUT2D eigenvalue weighted by Gasteiger charge is 2.34. The van der Waals surface area contributed by atoms with Gasteiger partial charge in [-0.25, -0.2) is 4.79 Å². The van der Waals surface area contributed by atoms with Crippen LogP contribution in [0.4, 0.5) is 4.79 Å². The first-order valence-electron chi connectivity index (χ1n) is 8.70. The zero-order valence-electron chi connectivity index (χ0n) is 14.7. The Morgan fingerprint density at radius 2 is 1.91 bits per heavy atom. The lowest BCUT2D eigenvalue weighted by atomic mass is 10.1. The van der Waals surface area contributed by atoms with Gasteiger partial charge in [0.25, 0.3) is 0 Å². The van der Waals surface area contributed by atoms with E-state index in [1.165, 1.54) is 5.56 Å². The Bertz CT molecular complexity index is 478. The molecule has 1 N–H and O–H groups in total. The summed E-state index contributed by atoms with van der Waals surface area (Å²) in [5, 5.41) is 3.46. The van der Waals surface area contributed by atoms with Crippen LogP contribution in [-0.4, -0.2) is 42.3 Å². The first kappa shape index (κ1) is 17.8. The molecule has 0 bridgehead atoms. The average molecular weight is 318 g/mol. The Labute approximate surface area is 140 Å². The van der Waals surface area contributed by atoms with Gasteiger partial charge in [0.15, 0.2) is 0 Å². The molecule has 4 heteroatoms. The highest BCUT2D eigenvalue weighted by Crippen LogP contribution is 2.28. The maximum absolute atomic E-state index is 12.2. The van der Waals surface area contributed by atoms with Crippen molar-refractivity contribution in [3.05, 3.63) is 35.9 Å². The number of hydrogen-bond donors (Lipinski definition) is 1. The van der Waals surface area contributed by atoms with Gasteiger partial charge in [0, 0.05) is 12.6 Å². The van der Waals surface area contributed by atoms with Crippen molar-refractivity contribution in [2.75, 3.05) is 19.6 Å². The van der Waals surface area contributed by atoms with E-state index in [2.05, 4.69) is 29.6 Å². The summed E-state index contributed by atoms with van der Waals surface area (Å²) >= 11 is 0. The summed E-state index contributed by atoms with van der Waals surface area (Å²) in [5.74, 6) is 0. The van der Waals surface area contributed by atoms with E-state index in [1.54, 1.807) is 0 Å². The lowest BCUT2D eigenvalue weighted by molar-refractivity contribution is 0.0232. The van der Waals surface area contributed by atoms with E-state index >= 15 is 0 Å². The van der Waals surface area contributed by atoms with Crippen molar-refractivity contribution in [3.63, 3.8) is 0 Å². The number of ether oxygens (including phenoxy) is 1. The minimum Gasteiger partial charge on any atom is -0.444 e. The fourth-order valence-electron chi connectivity index (χ4n) is 2.51. The van der Waals surface area contributed by atoms with Gasteiger partial charge in [0.1, 0.15) is 5.60 Å². The van der Waals surface area contributed by atoms with Crippen LogP contribution in [0.1, 0.15) is 45.6 Å². The molecule has 0 aromatic heterocycles. The molecule has 0 saturated heterocycles. The molecule has 0 aliphatic heterocycles. The van der Waals surface area contributed by atoms with Crippen molar-refractivity contribution in [3.8, 4) is 0 Å². The molecule has 2 rings (SSSR count). The summed E-state index contributed by atoms with van der Waals surface area (Å²) < 4.78 is 5.50. The van der Waals surface area contributed by atoms with Crippen molar-refractivity contribution < 1.29 is 9.53 Å². The lowest BCUT2D eigenvalue weighted by Gasteiger charge is -2.27. The monoisotopic (exact) mass is 318 g/mol. The molecule has 0 unspecified atom stereocenters. The maximum atomic E-state index is 12.2. The van der Waals surface area contributed by atoms with Gasteiger partial charge in [-0.1, -0.05) is 30.3 Å². The van der Waals surface area contributed by atoms with Crippen LogP contribution in [0, 0.1) is 0 Å². The van der Waals surface area contributed by atoms with Gasteiger partial charge in [-0.2, -0.15) is 0 Å². The maximum Gasteiger partial charge on any atom is 0.410 e. The molecule has 0 radical (unpaired) electrons. The Hall–Kier alpha value is -1.55. The molecular weight excluding hydrogens is 288 g/mol. The molecule has 0 atom stereocenters. The van der Waals surface area contributed by atoms with E-state index in [4.69, 9.17) is 4.74 Å². The topological polar surface area (TPSA) is 41.6 Å². The standard InChI is InChI=1S/C19H30N2O2/c1-19(2,3)23-18(22)21(17-10-11-17)15-7-13-20-14-12-16-8-5-4-6-9-16/h4-6,8-9,17,20H,7,10-15H2,1-3H3. The van der Waals surface area contributed by atoms with Gasteiger partial charge in [-0.3, -0.25) is 0 Å². The van der Waals surface area contributed by atoms with Crippen LogP contribution in [0.3, 0.4) is 0 Å². The summed E-state index contributed by atoms with van der Waals surface area (Å²) in [6, 6.07) is 10.9. The van der Waals surface area contributed by atoms with Gasteiger partial charge in [0.2, 0.25) is 0 Å². The number of carbonyl (C=O) groups is 1. The first-order valence-corrected chi connectivity index (χ1v) is 8.70. The van der Waals surface area contributed by atoms with Crippen LogP contribution in [0.2, 0.25) is 0 Å². The predicted molar refractivity (Wildman–Crippen MR) is 93.6 cm³/mol. The number of nitrogens with zero attached hydrogens (tertiary/aromatic N) is 1. The summed E-state index contributed by atoms with van der Waals surface area (Å²) in [6.07, 6.45) is 4.06. The van der Waals surface area contributed by atoms with Crippen molar-refractivity contribution in [2.24, 2.45) is 0 Å². The molecule has 1 aromatic carbocycles.